The number of benzene rings is 1. The molecule has 0 radical (unpaired) electrons. The highest BCUT2D eigenvalue weighted by Gasteiger charge is 2.02. The summed E-state index contributed by atoms with van der Waals surface area (Å²) in [5.41, 5.74) is 1.98. The largest absolute Gasteiger partial charge is 0.497 e. The number of anilines is 1. The fourth-order valence-corrected chi connectivity index (χ4v) is 1.86. The van der Waals surface area contributed by atoms with Crippen molar-refractivity contribution in [3.63, 3.8) is 0 Å². The maximum atomic E-state index is 5.83. The van der Waals surface area contributed by atoms with Gasteiger partial charge in [0.1, 0.15) is 16.7 Å². The highest BCUT2D eigenvalue weighted by molar-refractivity contribution is 6.29. The van der Waals surface area contributed by atoms with E-state index in [1.54, 1.807) is 26.5 Å². The zero-order chi connectivity index (χ0) is 13.7. The summed E-state index contributed by atoms with van der Waals surface area (Å²) in [6, 6.07) is 9.39. The van der Waals surface area contributed by atoms with Crippen molar-refractivity contribution in [1.29, 1.82) is 0 Å². The van der Waals surface area contributed by atoms with Crippen LogP contribution < -0.4 is 14.8 Å². The third kappa shape index (κ3) is 3.76. The zero-order valence-electron chi connectivity index (χ0n) is 10.8. The molecule has 2 rings (SSSR count). The Morgan fingerprint density at radius 2 is 1.79 bits per heavy atom. The van der Waals surface area contributed by atoms with Crippen molar-refractivity contribution in [2.24, 2.45) is 0 Å². The molecule has 0 unspecified atom stereocenters. The van der Waals surface area contributed by atoms with Crippen LogP contribution in [0.2, 0.25) is 5.15 Å². The van der Waals surface area contributed by atoms with E-state index in [9.17, 15) is 0 Å². The molecule has 0 saturated carbocycles. The van der Waals surface area contributed by atoms with E-state index in [0.29, 0.717) is 11.7 Å². The summed E-state index contributed by atoms with van der Waals surface area (Å²) in [7, 11) is 3.27. The normalized spacial score (nSPS) is 10.1. The standard InChI is InChI=1S/C14H15ClN2O2/c1-18-12-5-10(6-13(8-12)19-2)9-17-11-3-4-16-14(15)7-11/h3-8H,9H2,1-2H3,(H,16,17). The SMILES string of the molecule is COc1cc(CNc2ccnc(Cl)c2)cc(OC)c1. The summed E-state index contributed by atoms with van der Waals surface area (Å²) >= 11 is 5.83. The zero-order valence-corrected chi connectivity index (χ0v) is 11.6. The van der Waals surface area contributed by atoms with Crippen molar-refractivity contribution in [2.45, 2.75) is 6.54 Å². The molecule has 1 aromatic heterocycles. The minimum absolute atomic E-state index is 0.466. The predicted octanol–water partition coefficient (Wildman–Crippen LogP) is 3.36. The lowest BCUT2D eigenvalue weighted by atomic mass is 10.2. The van der Waals surface area contributed by atoms with Crippen LogP contribution in [0.4, 0.5) is 5.69 Å². The van der Waals surface area contributed by atoms with Gasteiger partial charge in [0.15, 0.2) is 0 Å². The van der Waals surface area contributed by atoms with Gasteiger partial charge in [0.25, 0.3) is 0 Å². The highest BCUT2D eigenvalue weighted by atomic mass is 35.5. The van der Waals surface area contributed by atoms with Gasteiger partial charge in [-0.25, -0.2) is 4.98 Å². The fourth-order valence-electron chi connectivity index (χ4n) is 1.68. The van der Waals surface area contributed by atoms with E-state index in [4.69, 9.17) is 21.1 Å². The monoisotopic (exact) mass is 278 g/mol. The Morgan fingerprint density at radius 3 is 2.37 bits per heavy atom. The molecule has 0 spiro atoms. The van der Waals surface area contributed by atoms with Crippen molar-refractivity contribution in [3.8, 4) is 11.5 Å². The van der Waals surface area contributed by atoms with Crippen LogP contribution in [-0.2, 0) is 6.54 Å². The fraction of sp³-hybridized carbons (Fsp3) is 0.214. The first-order valence-electron chi connectivity index (χ1n) is 5.78. The molecule has 0 amide bonds. The second-order valence-electron chi connectivity index (χ2n) is 3.94. The molecule has 1 heterocycles. The van der Waals surface area contributed by atoms with Crippen LogP contribution in [0.15, 0.2) is 36.5 Å². The van der Waals surface area contributed by atoms with Gasteiger partial charge in [-0.3, -0.25) is 0 Å². The number of hydrogen-bond acceptors (Lipinski definition) is 4. The van der Waals surface area contributed by atoms with E-state index in [2.05, 4.69) is 10.3 Å². The van der Waals surface area contributed by atoms with Crippen molar-refractivity contribution in [2.75, 3.05) is 19.5 Å². The average Bonchev–Trinajstić information content (AvgIpc) is 2.44. The Morgan fingerprint density at radius 1 is 1.11 bits per heavy atom. The molecule has 19 heavy (non-hydrogen) atoms. The minimum atomic E-state index is 0.466. The molecule has 5 heteroatoms. The molecule has 0 aliphatic carbocycles. The Balaban J connectivity index is 2.10. The Hall–Kier alpha value is -1.94. The Labute approximate surface area is 117 Å². The third-order valence-electron chi connectivity index (χ3n) is 2.63. The number of halogens is 1. The molecule has 0 atom stereocenters. The van der Waals surface area contributed by atoms with Crippen molar-refractivity contribution < 1.29 is 9.47 Å². The van der Waals surface area contributed by atoms with Crippen LogP contribution in [0.25, 0.3) is 0 Å². The first kappa shape index (κ1) is 13.5. The van der Waals surface area contributed by atoms with Gasteiger partial charge in [0.2, 0.25) is 0 Å². The molecule has 0 bridgehead atoms. The molecule has 2 aromatic rings. The van der Waals surface area contributed by atoms with Crippen LogP contribution in [0, 0.1) is 0 Å². The molecule has 4 nitrogen and oxygen atoms in total. The molecule has 0 saturated heterocycles. The molecule has 0 fully saturated rings. The third-order valence-corrected chi connectivity index (χ3v) is 2.84. The number of nitrogens with one attached hydrogen (secondary N) is 1. The average molecular weight is 279 g/mol. The topological polar surface area (TPSA) is 43.4 Å². The second-order valence-corrected chi connectivity index (χ2v) is 4.33. The molecular formula is C14H15ClN2O2. The number of ether oxygens (including phenoxy) is 2. The van der Waals surface area contributed by atoms with Gasteiger partial charge in [0.05, 0.1) is 14.2 Å². The summed E-state index contributed by atoms with van der Waals surface area (Å²) < 4.78 is 10.5. The summed E-state index contributed by atoms with van der Waals surface area (Å²) in [5.74, 6) is 1.54. The van der Waals surface area contributed by atoms with Gasteiger partial charge >= 0.3 is 0 Å². The summed E-state index contributed by atoms with van der Waals surface area (Å²) in [6.45, 7) is 0.647. The number of hydrogen-bond donors (Lipinski definition) is 1. The summed E-state index contributed by atoms with van der Waals surface area (Å²) in [4.78, 5) is 3.94. The molecule has 0 aliphatic rings. The summed E-state index contributed by atoms with van der Waals surface area (Å²) in [6.07, 6.45) is 1.66. The second kappa shape index (κ2) is 6.29. The van der Waals surface area contributed by atoms with E-state index in [0.717, 1.165) is 22.7 Å². The highest BCUT2D eigenvalue weighted by Crippen LogP contribution is 2.23. The van der Waals surface area contributed by atoms with Gasteiger partial charge in [-0.15, -0.1) is 0 Å². The number of methoxy groups -OCH3 is 2. The molecule has 1 N–H and O–H groups in total. The lowest BCUT2D eigenvalue weighted by molar-refractivity contribution is 0.393. The quantitative estimate of drug-likeness (QED) is 0.852. The smallest absolute Gasteiger partial charge is 0.131 e. The maximum absolute atomic E-state index is 5.83. The molecule has 0 aliphatic heterocycles. The van der Waals surface area contributed by atoms with Crippen LogP contribution in [0.3, 0.4) is 0 Å². The van der Waals surface area contributed by atoms with Crippen molar-refractivity contribution in [1.82, 2.24) is 4.98 Å². The van der Waals surface area contributed by atoms with Gasteiger partial charge in [0, 0.05) is 24.5 Å². The van der Waals surface area contributed by atoms with Crippen molar-refractivity contribution in [3.05, 3.63) is 47.2 Å². The number of rotatable bonds is 5. The summed E-state index contributed by atoms with van der Waals surface area (Å²) in [5, 5.41) is 3.73. The maximum Gasteiger partial charge on any atom is 0.131 e. The minimum Gasteiger partial charge on any atom is -0.497 e. The van der Waals surface area contributed by atoms with Crippen LogP contribution in [-0.4, -0.2) is 19.2 Å². The van der Waals surface area contributed by atoms with Crippen molar-refractivity contribution >= 4 is 17.3 Å². The Bertz CT molecular complexity index is 539. The van der Waals surface area contributed by atoms with E-state index in [1.165, 1.54) is 0 Å². The number of pyridine rings is 1. The number of nitrogens with zero attached hydrogens (tertiary/aromatic N) is 1. The van der Waals surface area contributed by atoms with Gasteiger partial charge in [-0.05, 0) is 29.8 Å². The van der Waals surface area contributed by atoms with Gasteiger partial charge in [-0.1, -0.05) is 11.6 Å². The van der Waals surface area contributed by atoms with E-state index >= 15 is 0 Å². The van der Waals surface area contributed by atoms with Crippen LogP contribution in [0.5, 0.6) is 11.5 Å². The van der Waals surface area contributed by atoms with E-state index in [1.807, 2.05) is 24.3 Å². The van der Waals surface area contributed by atoms with E-state index in [-0.39, 0.29) is 0 Å². The first-order valence-corrected chi connectivity index (χ1v) is 6.16. The molecule has 1 aromatic carbocycles. The van der Waals surface area contributed by atoms with Gasteiger partial charge < -0.3 is 14.8 Å². The van der Waals surface area contributed by atoms with Gasteiger partial charge in [-0.2, -0.15) is 0 Å². The lowest BCUT2D eigenvalue weighted by Gasteiger charge is -2.10. The Kier molecular flexibility index (Phi) is 4.47. The van der Waals surface area contributed by atoms with E-state index < -0.39 is 0 Å². The first-order chi connectivity index (χ1) is 9.21. The lowest BCUT2D eigenvalue weighted by Crippen LogP contribution is -2.00. The molecular weight excluding hydrogens is 264 g/mol. The number of aromatic nitrogens is 1. The predicted molar refractivity (Wildman–Crippen MR) is 76.1 cm³/mol. The van der Waals surface area contributed by atoms with Crippen LogP contribution >= 0.6 is 11.6 Å². The van der Waals surface area contributed by atoms with Crippen LogP contribution in [0.1, 0.15) is 5.56 Å². The molecule has 100 valence electrons.